The first kappa shape index (κ1) is 18.2. The predicted octanol–water partition coefficient (Wildman–Crippen LogP) is 4.73. The average Bonchev–Trinajstić information content (AvgIpc) is 3.11. The maximum absolute atomic E-state index is 13.1. The summed E-state index contributed by atoms with van der Waals surface area (Å²) in [5.74, 6) is 0.956. The van der Waals surface area contributed by atoms with Crippen molar-refractivity contribution in [2.45, 2.75) is 70.9 Å². The fourth-order valence-electron chi connectivity index (χ4n) is 5.52. The van der Waals surface area contributed by atoms with Gasteiger partial charge in [0.15, 0.2) is 0 Å². The first-order chi connectivity index (χ1) is 13.7. The minimum Gasteiger partial charge on any atom is -0.358 e. The van der Waals surface area contributed by atoms with Crippen molar-refractivity contribution in [3.05, 3.63) is 35.0 Å². The molecular weight excluding hydrogens is 346 g/mol. The number of benzene rings is 1. The predicted molar refractivity (Wildman–Crippen MR) is 114 cm³/mol. The number of fused-ring (bicyclic) bond motifs is 3. The maximum atomic E-state index is 13.1. The molecule has 0 radical (unpaired) electrons. The van der Waals surface area contributed by atoms with Crippen LogP contribution in [0, 0.1) is 5.92 Å². The molecular formula is C24H33N3O. The van der Waals surface area contributed by atoms with Crippen LogP contribution in [0.1, 0.15) is 73.5 Å². The van der Waals surface area contributed by atoms with Gasteiger partial charge in [-0.1, -0.05) is 26.2 Å². The number of likely N-dealkylation sites (tertiary alicyclic amines) is 1. The van der Waals surface area contributed by atoms with Gasteiger partial charge in [0.2, 0.25) is 0 Å². The molecule has 0 bridgehead atoms. The molecule has 0 unspecified atom stereocenters. The van der Waals surface area contributed by atoms with E-state index in [2.05, 4.69) is 33.8 Å². The molecule has 1 amide bonds. The van der Waals surface area contributed by atoms with E-state index in [1.807, 2.05) is 6.07 Å². The van der Waals surface area contributed by atoms with Gasteiger partial charge >= 0.3 is 0 Å². The van der Waals surface area contributed by atoms with Crippen molar-refractivity contribution in [3.63, 3.8) is 0 Å². The first-order valence-corrected chi connectivity index (χ1v) is 11.4. The number of nitrogens with zero attached hydrogens (tertiary/aromatic N) is 2. The molecule has 2 aromatic rings. The van der Waals surface area contributed by atoms with Crippen molar-refractivity contribution in [1.82, 2.24) is 14.8 Å². The molecule has 1 aliphatic carbocycles. The first-order valence-electron chi connectivity index (χ1n) is 11.4. The normalized spacial score (nSPS) is 22.5. The van der Waals surface area contributed by atoms with Gasteiger partial charge in [0, 0.05) is 60.8 Å². The number of aromatic amines is 1. The summed E-state index contributed by atoms with van der Waals surface area (Å²) in [6.45, 7) is 6.30. The van der Waals surface area contributed by atoms with Gasteiger partial charge in [-0.05, 0) is 55.4 Å². The SMILES string of the molecule is CC1CCN(C(=O)c2ccc3[nH]c4c(c3c2)CN(C2CCCCC2)CC4)CC1. The van der Waals surface area contributed by atoms with Gasteiger partial charge in [0.05, 0.1) is 0 Å². The maximum Gasteiger partial charge on any atom is 0.253 e. The molecule has 1 N–H and O–H groups in total. The van der Waals surface area contributed by atoms with Crippen LogP contribution in [-0.2, 0) is 13.0 Å². The van der Waals surface area contributed by atoms with E-state index in [0.717, 1.165) is 56.4 Å². The zero-order chi connectivity index (χ0) is 19.1. The topological polar surface area (TPSA) is 39.3 Å². The van der Waals surface area contributed by atoms with Crippen LogP contribution < -0.4 is 0 Å². The van der Waals surface area contributed by atoms with Crippen molar-refractivity contribution in [1.29, 1.82) is 0 Å². The number of rotatable bonds is 2. The number of H-pyrrole nitrogens is 1. The summed E-state index contributed by atoms with van der Waals surface area (Å²) in [6.07, 6.45) is 10.2. The van der Waals surface area contributed by atoms with E-state index in [0.29, 0.717) is 0 Å². The lowest BCUT2D eigenvalue weighted by molar-refractivity contribution is 0.0697. The van der Waals surface area contributed by atoms with Crippen molar-refractivity contribution in [3.8, 4) is 0 Å². The molecule has 0 spiro atoms. The van der Waals surface area contributed by atoms with Crippen LogP contribution in [0.2, 0.25) is 0 Å². The highest BCUT2D eigenvalue weighted by Crippen LogP contribution is 2.32. The Labute approximate surface area is 168 Å². The Kier molecular flexibility index (Phi) is 4.92. The van der Waals surface area contributed by atoms with Crippen molar-refractivity contribution in [2.75, 3.05) is 19.6 Å². The average molecular weight is 380 g/mol. The van der Waals surface area contributed by atoms with Gasteiger partial charge < -0.3 is 9.88 Å². The lowest BCUT2D eigenvalue weighted by atomic mass is 9.92. The van der Waals surface area contributed by atoms with Gasteiger partial charge in [-0.15, -0.1) is 0 Å². The smallest absolute Gasteiger partial charge is 0.253 e. The fraction of sp³-hybridized carbons (Fsp3) is 0.625. The quantitative estimate of drug-likeness (QED) is 0.819. The third-order valence-corrected chi connectivity index (χ3v) is 7.41. The van der Waals surface area contributed by atoms with E-state index in [1.54, 1.807) is 0 Å². The number of hydrogen-bond acceptors (Lipinski definition) is 2. The summed E-state index contributed by atoms with van der Waals surface area (Å²) in [7, 11) is 0. The van der Waals surface area contributed by atoms with E-state index < -0.39 is 0 Å². The van der Waals surface area contributed by atoms with E-state index in [9.17, 15) is 4.79 Å². The van der Waals surface area contributed by atoms with Gasteiger partial charge in [-0.3, -0.25) is 9.69 Å². The summed E-state index contributed by atoms with van der Waals surface area (Å²) in [4.78, 5) is 21.5. The Bertz CT molecular complexity index is 856. The van der Waals surface area contributed by atoms with Crippen LogP contribution in [0.15, 0.2) is 18.2 Å². The summed E-state index contributed by atoms with van der Waals surface area (Å²) in [5, 5.41) is 1.27. The second-order valence-electron chi connectivity index (χ2n) is 9.33. The van der Waals surface area contributed by atoms with Crippen LogP contribution in [-0.4, -0.2) is 46.4 Å². The summed E-state index contributed by atoms with van der Waals surface area (Å²) < 4.78 is 0. The minimum absolute atomic E-state index is 0.212. The minimum atomic E-state index is 0.212. The molecule has 5 rings (SSSR count). The zero-order valence-corrected chi connectivity index (χ0v) is 17.2. The van der Waals surface area contributed by atoms with Gasteiger partial charge in [0.25, 0.3) is 5.91 Å². The molecule has 1 saturated heterocycles. The van der Waals surface area contributed by atoms with Gasteiger partial charge in [0.1, 0.15) is 0 Å². The standard InChI is InChI=1S/C24H33N3O/c1-17-9-12-26(13-10-17)24(28)18-7-8-22-20(15-18)21-16-27(14-11-23(21)25-22)19-5-3-2-4-6-19/h7-8,15,17,19,25H,2-6,9-14,16H2,1H3. The molecule has 3 aliphatic rings. The second-order valence-corrected chi connectivity index (χ2v) is 9.33. The van der Waals surface area contributed by atoms with Crippen LogP contribution in [0.5, 0.6) is 0 Å². The van der Waals surface area contributed by atoms with Crippen molar-refractivity contribution in [2.24, 2.45) is 5.92 Å². The number of hydrogen-bond donors (Lipinski definition) is 1. The third kappa shape index (κ3) is 3.36. The van der Waals surface area contributed by atoms with Crippen LogP contribution in [0.25, 0.3) is 10.9 Å². The Balaban J connectivity index is 1.40. The fourth-order valence-corrected chi connectivity index (χ4v) is 5.52. The largest absolute Gasteiger partial charge is 0.358 e. The molecule has 1 aromatic carbocycles. The highest BCUT2D eigenvalue weighted by molar-refractivity contribution is 5.99. The highest BCUT2D eigenvalue weighted by atomic mass is 16.2. The summed E-state index contributed by atoms with van der Waals surface area (Å²) in [6, 6.07) is 7.06. The molecule has 4 nitrogen and oxygen atoms in total. The molecule has 28 heavy (non-hydrogen) atoms. The Morgan fingerprint density at radius 2 is 1.82 bits per heavy atom. The van der Waals surface area contributed by atoms with Crippen LogP contribution >= 0.6 is 0 Å². The lowest BCUT2D eigenvalue weighted by Crippen LogP contribution is -2.40. The van der Waals surface area contributed by atoms with Crippen molar-refractivity contribution < 1.29 is 4.79 Å². The monoisotopic (exact) mass is 379 g/mol. The Morgan fingerprint density at radius 1 is 1.04 bits per heavy atom. The Morgan fingerprint density at radius 3 is 2.61 bits per heavy atom. The zero-order valence-electron chi connectivity index (χ0n) is 17.2. The molecule has 4 heteroatoms. The highest BCUT2D eigenvalue weighted by Gasteiger charge is 2.28. The van der Waals surface area contributed by atoms with Crippen LogP contribution in [0.3, 0.4) is 0 Å². The molecule has 3 heterocycles. The Hall–Kier alpha value is -1.81. The van der Waals surface area contributed by atoms with Gasteiger partial charge in [-0.25, -0.2) is 0 Å². The molecule has 2 fully saturated rings. The number of aromatic nitrogens is 1. The van der Waals surface area contributed by atoms with E-state index in [-0.39, 0.29) is 5.91 Å². The number of nitrogens with one attached hydrogen (secondary N) is 1. The van der Waals surface area contributed by atoms with E-state index in [4.69, 9.17) is 0 Å². The third-order valence-electron chi connectivity index (χ3n) is 7.41. The molecule has 1 saturated carbocycles. The second kappa shape index (κ2) is 7.55. The van der Waals surface area contributed by atoms with Crippen LogP contribution in [0.4, 0.5) is 0 Å². The molecule has 1 aromatic heterocycles. The number of amides is 1. The number of carbonyl (C=O) groups excluding carboxylic acids is 1. The summed E-state index contributed by atoms with van der Waals surface area (Å²) >= 11 is 0. The number of carbonyl (C=O) groups is 1. The van der Waals surface area contributed by atoms with E-state index in [1.165, 1.54) is 60.8 Å². The lowest BCUT2D eigenvalue weighted by Gasteiger charge is -2.36. The number of piperidine rings is 1. The summed E-state index contributed by atoms with van der Waals surface area (Å²) in [5.41, 5.74) is 4.88. The van der Waals surface area contributed by atoms with Gasteiger partial charge in [-0.2, -0.15) is 0 Å². The molecule has 0 atom stereocenters. The van der Waals surface area contributed by atoms with Crippen molar-refractivity contribution >= 4 is 16.8 Å². The molecule has 150 valence electrons. The van der Waals surface area contributed by atoms with E-state index >= 15 is 0 Å². The molecule has 2 aliphatic heterocycles.